The first kappa shape index (κ1) is 26.8. The number of aryl methyl sites for hydroxylation is 1. The molecule has 0 aliphatic carbocycles. The highest BCUT2D eigenvalue weighted by molar-refractivity contribution is 6.35. The van der Waals surface area contributed by atoms with Crippen LogP contribution < -0.4 is 5.32 Å². The van der Waals surface area contributed by atoms with E-state index in [0.29, 0.717) is 35.1 Å². The number of anilines is 1. The topological polar surface area (TPSA) is 83.4 Å². The minimum absolute atomic E-state index is 0.0183. The monoisotopic (exact) mass is 522 g/mol. The van der Waals surface area contributed by atoms with Crippen LogP contribution in [0.5, 0.6) is 0 Å². The molecule has 0 saturated carbocycles. The molecule has 1 aliphatic heterocycles. The highest BCUT2D eigenvalue weighted by Gasteiger charge is 2.28. The van der Waals surface area contributed by atoms with Gasteiger partial charge in [0.2, 0.25) is 11.9 Å². The summed E-state index contributed by atoms with van der Waals surface area (Å²) in [6.07, 6.45) is 7.93. The van der Waals surface area contributed by atoms with Crippen molar-refractivity contribution < 1.29 is 9.59 Å². The number of aromatic nitrogens is 3. The lowest BCUT2D eigenvalue weighted by atomic mass is 10.0. The van der Waals surface area contributed by atoms with Gasteiger partial charge < -0.3 is 14.4 Å². The van der Waals surface area contributed by atoms with Crippen molar-refractivity contribution in [2.45, 2.75) is 51.6 Å². The standard InChI is InChI=1S/C28H35ClN6O2/c1-19-17-20(13-15-30-19)26(37)32-27-31-23-11-8-10-22(29)25(23)35(27)21-9-6-7-16-34(18-21)24(36)12-14-28(2,3)33(4)5/h8,10-15,17,21H,6-7,9,16,18H2,1-5H3,(H,31,32,37)/b14-12+. The van der Waals surface area contributed by atoms with E-state index in [1.165, 1.54) is 0 Å². The van der Waals surface area contributed by atoms with Crippen LogP contribution in [0.2, 0.25) is 5.02 Å². The van der Waals surface area contributed by atoms with Gasteiger partial charge in [-0.2, -0.15) is 0 Å². The molecule has 1 aliphatic rings. The molecule has 0 radical (unpaired) electrons. The fourth-order valence-corrected chi connectivity index (χ4v) is 4.73. The van der Waals surface area contributed by atoms with Gasteiger partial charge in [-0.05, 0) is 78.4 Å². The molecule has 0 spiro atoms. The number of likely N-dealkylation sites (tertiary alicyclic amines) is 1. The third kappa shape index (κ3) is 6.02. The van der Waals surface area contributed by atoms with E-state index < -0.39 is 0 Å². The van der Waals surface area contributed by atoms with Gasteiger partial charge >= 0.3 is 0 Å². The third-order valence-corrected chi connectivity index (χ3v) is 7.46. The Kier molecular flexibility index (Phi) is 7.99. The lowest BCUT2D eigenvalue weighted by molar-refractivity contribution is -0.126. The molecular formula is C28H35ClN6O2. The van der Waals surface area contributed by atoms with Gasteiger partial charge in [0.1, 0.15) is 0 Å². The average molecular weight is 523 g/mol. The average Bonchev–Trinajstić information content (AvgIpc) is 3.04. The molecule has 1 N–H and O–H groups in total. The number of hydrogen-bond acceptors (Lipinski definition) is 5. The van der Waals surface area contributed by atoms with Gasteiger partial charge in [-0.25, -0.2) is 4.98 Å². The zero-order chi connectivity index (χ0) is 26.7. The number of amides is 2. The molecule has 1 unspecified atom stereocenters. The Labute approximate surface area is 223 Å². The smallest absolute Gasteiger partial charge is 0.258 e. The summed E-state index contributed by atoms with van der Waals surface area (Å²) in [5, 5.41) is 3.55. The Bertz CT molecular complexity index is 1330. The van der Waals surface area contributed by atoms with Crippen LogP contribution in [0.25, 0.3) is 11.0 Å². The zero-order valence-electron chi connectivity index (χ0n) is 22.2. The third-order valence-electron chi connectivity index (χ3n) is 7.15. The van der Waals surface area contributed by atoms with Crippen LogP contribution in [0.3, 0.4) is 0 Å². The van der Waals surface area contributed by atoms with Gasteiger partial charge in [-0.15, -0.1) is 0 Å². The number of carbonyl (C=O) groups is 2. The number of halogens is 1. The quantitative estimate of drug-likeness (QED) is 0.456. The second-order valence-corrected chi connectivity index (χ2v) is 10.8. The Hall–Kier alpha value is -3.23. The molecule has 196 valence electrons. The summed E-state index contributed by atoms with van der Waals surface area (Å²) in [4.78, 5) is 39.2. The van der Waals surface area contributed by atoms with Crippen LogP contribution in [-0.4, -0.2) is 68.9 Å². The number of hydrogen-bond donors (Lipinski definition) is 1. The van der Waals surface area contributed by atoms with Gasteiger partial charge in [-0.1, -0.05) is 23.7 Å². The number of pyridine rings is 1. The van der Waals surface area contributed by atoms with Crippen LogP contribution in [-0.2, 0) is 4.79 Å². The van der Waals surface area contributed by atoms with Gasteiger partial charge in [-0.3, -0.25) is 19.9 Å². The number of nitrogens with zero attached hydrogens (tertiary/aromatic N) is 5. The van der Waals surface area contributed by atoms with Gasteiger partial charge in [0, 0.05) is 42.2 Å². The molecule has 1 fully saturated rings. The summed E-state index contributed by atoms with van der Waals surface area (Å²) in [5.74, 6) is 0.134. The molecule has 3 aromatic rings. The van der Waals surface area contributed by atoms with Crippen LogP contribution in [0.1, 0.15) is 55.2 Å². The first-order chi connectivity index (χ1) is 17.6. The van der Waals surface area contributed by atoms with Crippen LogP contribution >= 0.6 is 11.6 Å². The Morgan fingerprint density at radius 1 is 1.22 bits per heavy atom. The maximum atomic E-state index is 13.2. The highest BCUT2D eigenvalue weighted by atomic mass is 35.5. The second-order valence-electron chi connectivity index (χ2n) is 10.4. The molecule has 8 nitrogen and oxygen atoms in total. The largest absolute Gasteiger partial charge is 0.337 e. The molecular weight excluding hydrogens is 488 g/mol. The summed E-state index contributed by atoms with van der Waals surface area (Å²) in [6.45, 7) is 7.17. The number of para-hydroxylation sites is 1. The molecule has 0 bridgehead atoms. The summed E-state index contributed by atoms with van der Waals surface area (Å²) in [7, 11) is 3.99. The van der Waals surface area contributed by atoms with E-state index in [0.717, 1.165) is 30.5 Å². The van der Waals surface area contributed by atoms with Crippen molar-refractivity contribution in [2.75, 3.05) is 32.5 Å². The predicted octanol–water partition coefficient (Wildman–Crippen LogP) is 5.10. The van der Waals surface area contributed by atoms with Crippen LogP contribution in [0.15, 0.2) is 48.7 Å². The van der Waals surface area contributed by atoms with E-state index in [9.17, 15) is 9.59 Å². The fraction of sp³-hybridized carbons (Fsp3) is 0.429. The first-order valence-electron chi connectivity index (χ1n) is 12.6. The predicted molar refractivity (Wildman–Crippen MR) is 148 cm³/mol. The lowest BCUT2D eigenvalue weighted by Crippen LogP contribution is -2.38. The van der Waals surface area contributed by atoms with Gasteiger partial charge in [0.15, 0.2) is 0 Å². The molecule has 3 heterocycles. The Morgan fingerprint density at radius 3 is 2.73 bits per heavy atom. The molecule has 2 aromatic heterocycles. The summed E-state index contributed by atoms with van der Waals surface area (Å²) >= 11 is 6.66. The number of likely N-dealkylation sites (N-methyl/N-ethyl adjacent to an activating group) is 1. The number of imidazole rings is 1. The maximum Gasteiger partial charge on any atom is 0.258 e. The van der Waals surface area contributed by atoms with Crippen LogP contribution in [0.4, 0.5) is 5.95 Å². The van der Waals surface area contributed by atoms with Crippen molar-refractivity contribution in [1.82, 2.24) is 24.3 Å². The van der Waals surface area contributed by atoms with Crippen molar-refractivity contribution in [3.05, 3.63) is 65.0 Å². The van der Waals surface area contributed by atoms with E-state index in [1.54, 1.807) is 24.4 Å². The van der Waals surface area contributed by atoms with E-state index in [2.05, 4.69) is 29.0 Å². The van der Waals surface area contributed by atoms with E-state index >= 15 is 0 Å². The van der Waals surface area contributed by atoms with Crippen molar-refractivity contribution in [3.8, 4) is 0 Å². The van der Waals surface area contributed by atoms with E-state index in [4.69, 9.17) is 16.6 Å². The second kappa shape index (κ2) is 11.0. The summed E-state index contributed by atoms with van der Waals surface area (Å²) < 4.78 is 2.00. The van der Waals surface area contributed by atoms with E-state index in [1.807, 2.05) is 54.8 Å². The minimum atomic E-state index is -0.270. The van der Waals surface area contributed by atoms with Crippen molar-refractivity contribution in [3.63, 3.8) is 0 Å². The maximum absolute atomic E-state index is 13.2. The summed E-state index contributed by atoms with van der Waals surface area (Å²) in [6, 6.07) is 8.88. The number of benzene rings is 1. The SMILES string of the molecule is Cc1cc(C(=O)Nc2nc3cccc(Cl)c3n2C2CCCCN(C(=O)/C=C/C(C)(C)N(C)C)C2)ccn1. The molecule has 1 saturated heterocycles. The molecule has 2 amide bonds. The van der Waals surface area contributed by atoms with Gasteiger partial charge in [0.25, 0.3) is 5.91 Å². The van der Waals surface area contributed by atoms with Crippen molar-refractivity contribution in [2.24, 2.45) is 0 Å². The van der Waals surface area contributed by atoms with Crippen LogP contribution in [0, 0.1) is 6.92 Å². The number of rotatable bonds is 6. The Morgan fingerprint density at radius 2 is 2.00 bits per heavy atom. The van der Waals surface area contributed by atoms with Gasteiger partial charge in [0.05, 0.1) is 22.1 Å². The first-order valence-corrected chi connectivity index (χ1v) is 13.0. The minimum Gasteiger partial charge on any atom is -0.337 e. The number of carbonyl (C=O) groups excluding carboxylic acids is 2. The summed E-state index contributed by atoms with van der Waals surface area (Å²) in [5.41, 5.74) is 2.48. The number of fused-ring (bicyclic) bond motifs is 1. The zero-order valence-corrected chi connectivity index (χ0v) is 22.9. The normalized spacial score (nSPS) is 16.9. The van der Waals surface area contributed by atoms with Crippen molar-refractivity contribution >= 4 is 40.4 Å². The molecule has 4 rings (SSSR count). The molecule has 1 atom stereocenters. The number of nitrogens with one attached hydrogen (secondary N) is 1. The van der Waals surface area contributed by atoms with Crippen molar-refractivity contribution in [1.29, 1.82) is 0 Å². The molecule has 9 heteroatoms. The molecule has 1 aromatic carbocycles. The lowest BCUT2D eigenvalue weighted by Gasteiger charge is -2.30. The fourth-order valence-electron chi connectivity index (χ4n) is 4.47. The highest BCUT2D eigenvalue weighted by Crippen LogP contribution is 2.34. The molecule has 37 heavy (non-hydrogen) atoms. The Balaban J connectivity index is 1.68. The van der Waals surface area contributed by atoms with E-state index in [-0.39, 0.29) is 23.4 Å².